The minimum absolute atomic E-state index is 0.373. The summed E-state index contributed by atoms with van der Waals surface area (Å²) in [4.78, 5) is 0.373. The second kappa shape index (κ2) is 2.64. The molecule has 5 heteroatoms. The molecule has 0 fully saturated rings. The fraction of sp³-hybridized carbons (Fsp3) is 0.200. The molecule has 0 bridgehead atoms. The minimum Gasteiger partial charge on any atom is -0.224 e. The van der Waals surface area contributed by atoms with Gasteiger partial charge in [0.25, 0.3) is 0 Å². The Balaban J connectivity index is 3.32. The van der Waals surface area contributed by atoms with Crippen molar-refractivity contribution in [2.75, 3.05) is 6.26 Å². The number of halogens is 1. The zero-order chi connectivity index (χ0) is 7.78. The Morgan fingerprint density at radius 3 is 2.40 bits per heavy atom. The van der Waals surface area contributed by atoms with Gasteiger partial charge in [0.05, 0.1) is 8.68 Å². The standard InChI is InChI=1S/C5H5BrO2S2/c1-10(7,8)4-2-3-9-5(4)6/h2-3H,1H3. The van der Waals surface area contributed by atoms with E-state index < -0.39 is 9.84 Å². The van der Waals surface area contributed by atoms with Gasteiger partial charge in [-0.15, -0.1) is 11.3 Å². The van der Waals surface area contributed by atoms with E-state index >= 15 is 0 Å². The number of thiophene rings is 1. The Kier molecular flexibility index (Phi) is 2.17. The van der Waals surface area contributed by atoms with E-state index in [0.29, 0.717) is 8.68 Å². The van der Waals surface area contributed by atoms with Gasteiger partial charge in [-0.1, -0.05) is 0 Å². The third-order valence-electron chi connectivity index (χ3n) is 0.984. The molecule has 0 aliphatic carbocycles. The Morgan fingerprint density at radius 1 is 1.60 bits per heavy atom. The summed E-state index contributed by atoms with van der Waals surface area (Å²) in [5.41, 5.74) is 0. The molecule has 0 saturated carbocycles. The topological polar surface area (TPSA) is 34.1 Å². The third-order valence-corrected chi connectivity index (χ3v) is 4.20. The maximum Gasteiger partial charge on any atom is 0.177 e. The highest BCUT2D eigenvalue weighted by Crippen LogP contribution is 2.27. The van der Waals surface area contributed by atoms with Crippen LogP contribution in [0.15, 0.2) is 20.1 Å². The Labute approximate surface area is 71.9 Å². The second-order valence-corrected chi connectivity index (χ2v) is 6.05. The first-order valence-electron chi connectivity index (χ1n) is 2.45. The molecule has 0 N–H and O–H groups in total. The lowest BCUT2D eigenvalue weighted by atomic mass is 10.7. The van der Waals surface area contributed by atoms with Crippen LogP contribution in [0, 0.1) is 0 Å². The summed E-state index contributed by atoms with van der Waals surface area (Å²) in [5, 5.41) is 1.74. The summed E-state index contributed by atoms with van der Waals surface area (Å²) in [6.45, 7) is 0. The van der Waals surface area contributed by atoms with Crippen molar-refractivity contribution >= 4 is 37.1 Å². The molecule has 56 valence electrons. The van der Waals surface area contributed by atoms with Crippen LogP contribution in [0.3, 0.4) is 0 Å². The van der Waals surface area contributed by atoms with Crippen LogP contribution in [0.5, 0.6) is 0 Å². The lowest BCUT2D eigenvalue weighted by Crippen LogP contribution is -1.94. The molecule has 1 rings (SSSR count). The van der Waals surface area contributed by atoms with Crippen LogP contribution < -0.4 is 0 Å². The number of hydrogen-bond donors (Lipinski definition) is 0. The molecule has 2 nitrogen and oxygen atoms in total. The van der Waals surface area contributed by atoms with E-state index in [4.69, 9.17) is 0 Å². The molecule has 10 heavy (non-hydrogen) atoms. The van der Waals surface area contributed by atoms with Gasteiger partial charge in [0.15, 0.2) is 9.84 Å². The van der Waals surface area contributed by atoms with Gasteiger partial charge >= 0.3 is 0 Å². The predicted octanol–water partition coefficient (Wildman–Crippen LogP) is 1.91. The van der Waals surface area contributed by atoms with Gasteiger partial charge in [-0.3, -0.25) is 0 Å². The van der Waals surface area contributed by atoms with Crippen LogP contribution in [0.1, 0.15) is 0 Å². The van der Waals surface area contributed by atoms with Crippen molar-refractivity contribution in [3.63, 3.8) is 0 Å². The van der Waals surface area contributed by atoms with E-state index in [-0.39, 0.29) is 0 Å². The molecule has 0 aliphatic heterocycles. The van der Waals surface area contributed by atoms with Crippen molar-refractivity contribution in [3.8, 4) is 0 Å². The Morgan fingerprint density at radius 2 is 2.20 bits per heavy atom. The van der Waals surface area contributed by atoms with Crippen molar-refractivity contribution in [2.24, 2.45) is 0 Å². The quantitative estimate of drug-likeness (QED) is 0.752. The molecule has 0 amide bonds. The van der Waals surface area contributed by atoms with E-state index in [2.05, 4.69) is 15.9 Å². The van der Waals surface area contributed by atoms with Crippen molar-refractivity contribution in [3.05, 3.63) is 15.2 Å². The molecule has 0 aromatic carbocycles. The third kappa shape index (κ3) is 1.59. The number of hydrogen-bond acceptors (Lipinski definition) is 3. The molecule has 0 unspecified atom stereocenters. The van der Waals surface area contributed by atoms with Crippen LogP contribution in [0.2, 0.25) is 0 Å². The number of rotatable bonds is 1. The van der Waals surface area contributed by atoms with Crippen LogP contribution in [-0.4, -0.2) is 14.7 Å². The van der Waals surface area contributed by atoms with Crippen molar-refractivity contribution in [2.45, 2.75) is 4.90 Å². The smallest absolute Gasteiger partial charge is 0.177 e. The van der Waals surface area contributed by atoms with Crippen molar-refractivity contribution in [1.82, 2.24) is 0 Å². The highest BCUT2D eigenvalue weighted by molar-refractivity contribution is 9.11. The van der Waals surface area contributed by atoms with Gasteiger partial charge in [-0.25, -0.2) is 8.42 Å². The van der Waals surface area contributed by atoms with Gasteiger partial charge in [-0.05, 0) is 27.4 Å². The van der Waals surface area contributed by atoms with Crippen LogP contribution in [-0.2, 0) is 9.84 Å². The average Bonchev–Trinajstić information content (AvgIpc) is 2.11. The summed E-state index contributed by atoms with van der Waals surface area (Å²) in [5.74, 6) is 0. The van der Waals surface area contributed by atoms with E-state index in [1.165, 1.54) is 17.6 Å². The zero-order valence-corrected chi connectivity index (χ0v) is 8.38. The Bertz CT molecular complexity index is 325. The summed E-state index contributed by atoms with van der Waals surface area (Å²) < 4.78 is 22.5. The fourth-order valence-corrected chi connectivity index (χ4v) is 3.69. The highest BCUT2D eigenvalue weighted by Gasteiger charge is 2.11. The molecule has 1 heterocycles. The van der Waals surface area contributed by atoms with E-state index in [1.807, 2.05) is 0 Å². The van der Waals surface area contributed by atoms with Crippen LogP contribution >= 0.6 is 27.3 Å². The lowest BCUT2D eigenvalue weighted by Gasteiger charge is -1.91. The first kappa shape index (κ1) is 8.23. The predicted molar refractivity (Wildman–Crippen MR) is 45.1 cm³/mol. The van der Waals surface area contributed by atoms with Gasteiger partial charge < -0.3 is 0 Å². The molecular formula is C5H5BrO2S2. The summed E-state index contributed by atoms with van der Waals surface area (Å²) in [7, 11) is -3.03. The Hall–Kier alpha value is 0.130. The minimum atomic E-state index is -3.03. The van der Waals surface area contributed by atoms with Crippen LogP contribution in [0.25, 0.3) is 0 Å². The zero-order valence-electron chi connectivity index (χ0n) is 5.17. The molecule has 1 aromatic rings. The molecule has 0 radical (unpaired) electrons. The van der Waals surface area contributed by atoms with Gasteiger partial charge in [-0.2, -0.15) is 0 Å². The average molecular weight is 241 g/mol. The maximum absolute atomic E-state index is 10.9. The molecule has 0 spiro atoms. The lowest BCUT2D eigenvalue weighted by molar-refractivity contribution is 0.602. The molecule has 0 atom stereocenters. The van der Waals surface area contributed by atoms with Gasteiger partial charge in [0.1, 0.15) is 0 Å². The first-order valence-corrected chi connectivity index (χ1v) is 6.01. The molecule has 0 saturated heterocycles. The van der Waals surface area contributed by atoms with Gasteiger partial charge in [0.2, 0.25) is 0 Å². The highest BCUT2D eigenvalue weighted by atomic mass is 79.9. The first-order chi connectivity index (χ1) is 4.52. The van der Waals surface area contributed by atoms with Crippen molar-refractivity contribution < 1.29 is 8.42 Å². The molecular weight excluding hydrogens is 236 g/mol. The van der Waals surface area contributed by atoms with E-state index in [0.717, 1.165) is 0 Å². The van der Waals surface area contributed by atoms with E-state index in [9.17, 15) is 8.42 Å². The second-order valence-electron chi connectivity index (χ2n) is 1.83. The fourth-order valence-electron chi connectivity index (χ4n) is 0.549. The van der Waals surface area contributed by atoms with E-state index in [1.54, 1.807) is 11.4 Å². The largest absolute Gasteiger partial charge is 0.224 e. The van der Waals surface area contributed by atoms with Gasteiger partial charge in [0, 0.05) is 6.26 Å². The number of sulfone groups is 1. The maximum atomic E-state index is 10.9. The summed E-state index contributed by atoms with van der Waals surface area (Å²) >= 11 is 4.51. The molecule has 1 aromatic heterocycles. The summed E-state index contributed by atoms with van der Waals surface area (Å²) in [6.07, 6.45) is 1.19. The van der Waals surface area contributed by atoms with Crippen molar-refractivity contribution in [1.29, 1.82) is 0 Å². The monoisotopic (exact) mass is 240 g/mol. The van der Waals surface area contributed by atoms with Crippen LogP contribution in [0.4, 0.5) is 0 Å². The molecule has 0 aliphatic rings. The SMILES string of the molecule is CS(=O)(=O)c1ccsc1Br. The summed E-state index contributed by atoms with van der Waals surface area (Å²) in [6, 6.07) is 1.59. The normalized spacial score (nSPS) is 11.8.